The van der Waals surface area contributed by atoms with Gasteiger partial charge in [0.2, 0.25) is 0 Å². The van der Waals surface area contributed by atoms with E-state index in [4.69, 9.17) is 5.11 Å². The van der Waals surface area contributed by atoms with Gasteiger partial charge in [0, 0.05) is 12.0 Å². The molecule has 2 N–H and O–H groups in total. The van der Waals surface area contributed by atoms with Crippen molar-refractivity contribution < 1.29 is 10.2 Å². The predicted octanol–water partition coefficient (Wildman–Crippen LogP) is 1.48. The van der Waals surface area contributed by atoms with Crippen LogP contribution in [-0.2, 0) is 0 Å². The van der Waals surface area contributed by atoms with Crippen LogP contribution < -0.4 is 0 Å². The highest BCUT2D eigenvalue weighted by Gasteiger charge is 2.35. The molecule has 2 atom stereocenters. The van der Waals surface area contributed by atoms with Gasteiger partial charge in [-0.3, -0.25) is 0 Å². The molecule has 0 saturated heterocycles. The molecule has 1 aliphatic carbocycles. The zero-order chi connectivity index (χ0) is 9.03. The quantitative estimate of drug-likeness (QED) is 0.630. The molecule has 2 unspecified atom stereocenters. The first-order valence-corrected chi connectivity index (χ1v) is 4.71. The van der Waals surface area contributed by atoms with E-state index in [1.807, 2.05) is 12.2 Å². The van der Waals surface area contributed by atoms with Gasteiger partial charge in [-0.1, -0.05) is 19.1 Å². The molecular weight excluding hydrogens is 152 g/mol. The monoisotopic (exact) mass is 170 g/mol. The number of aliphatic hydroxyl groups is 2. The van der Waals surface area contributed by atoms with Gasteiger partial charge >= 0.3 is 0 Å². The second-order valence-corrected chi connectivity index (χ2v) is 3.60. The Kier molecular flexibility index (Phi) is 3.29. The Morgan fingerprint density at radius 2 is 2.33 bits per heavy atom. The van der Waals surface area contributed by atoms with Crippen LogP contribution >= 0.6 is 0 Å². The summed E-state index contributed by atoms with van der Waals surface area (Å²) in [6, 6.07) is 0. The molecule has 0 bridgehead atoms. The van der Waals surface area contributed by atoms with Crippen LogP contribution in [0.25, 0.3) is 0 Å². The zero-order valence-electron chi connectivity index (χ0n) is 7.66. The summed E-state index contributed by atoms with van der Waals surface area (Å²) in [6.07, 6.45) is 7.22. The van der Waals surface area contributed by atoms with Crippen LogP contribution in [0.15, 0.2) is 12.2 Å². The van der Waals surface area contributed by atoms with Crippen molar-refractivity contribution in [3.63, 3.8) is 0 Å². The van der Waals surface area contributed by atoms with Crippen molar-refractivity contribution in [2.24, 2.45) is 5.41 Å². The Morgan fingerprint density at radius 1 is 1.58 bits per heavy atom. The molecule has 0 heterocycles. The van der Waals surface area contributed by atoms with Crippen LogP contribution in [0.3, 0.4) is 0 Å². The third-order valence-corrected chi connectivity index (χ3v) is 3.07. The number of hydrogen-bond donors (Lipinski definition) is 2. The van der Waals surface area contributed by atoms with Crippen LogP contribution in [-0.4, -0.2) is 22.9 Å². The molecule has 1 rings (SSSR count). The van der Waals surface area contributed by atoms with Crippen molar-refractivity contribution in [2.45, 2.75) is 38.7 Å². The second kappa shape index (κ2) is 4.06. The van der Waals surface area contributed by atoms with Crippen LogP contribution in [0.5, 0.6) is 0 Å². The summed E-state index contributed by atoms with van der Waals surface area (Å²) < 4.78 is 0. The van der Waals surface area contributed by atoms with Gasteiger partial charge in [0.25, 0.3) is 0 Å². The third kappa shape index (κ3) is 1.70. The highest BCUT2D eigenvalue weighted by Crippen LogP contribution is 2.39. The minimum absolute atomic E-state index is 0.0521. The van der Waals surface area contributed by atoms with Crippen LogP contribution in [0, 0.1) is 5.41 Å². The van der Waals surface area contributed by atoms with E-state index >= 15 is 0 Å². The Labute approximate surface area is 73.9 Å². The number of rotatable bonds is 3. The lowest BCUT2D eigenvalue weighted by molar-refractivity contribution is 0.0223. The molecule has 0 aromatic rings. The average molecular weight is 170 g/mol. The summed E-state index contributed by atoms with van der Waals surface area (Å²) in [5.74, 6) is 0. The summed E-state index contributed by atoms with van der Waals surface area (Å²) in [5.41, 5.74) is -0.0521. The van der Waals surface area contributed by atoms with Crippen LogP contribution in [0.4, 0.5) is 0 Å². The highest BCUT2D eigenvalue weighted by atomic mass is 16.3. The average Bonchev–Trinajstić information content (AvgIpc) is 2.10. The van der Waals surface area contributed by atoms with Gasteiger partial charge in [0.1, 0.15) is 0 Å². The third-order valence-electron chi connectivity index (χ3n) is 3.07. The predicted molar refractivity (Wildman–Crippen MR) is 48.8 cm³/mol. The van der Waals surface area contributed by atoms with Gasteiger partial charge in [-0.2, -0.15) is 0 Å². The van der Waals surface area contributed by atoms with E-state index in [1.54, 1.807) is 0 Å². The Bertz CT molecular complexity index is 165. The highest BCUT2D eigenvalue weighted by molar-refractivity contribution is 5.04. The summed E-state index contributed by atoms with van der Waals surface area (Å²) in [7, 11) is 0. The van der Waals surface area contributed by atoms with Crippen molar-refractivity contribution in [1.82, 2.24) is 0 Å². The van der Waals surface area contributed by atoms with Crippen molar-refractivity contribution >= 4 is 0 Å². The molecule has 0 radical (unpaired) electrons. The van der Waals surface area contributed by atoms with E-state index in [9.17, 15) is 5.11 Å². The molecule has 0 fully saturated rings. The van der Waals surface area contributed by atoms with Crippen molar-refractivity contribution in [1.29, 1.82) is 0 Å². The summed E-state index contributed by atoms with van der Waals surface area (Å²) >= 11 is 0. The minimum atomic E-state index is -0.358. The fraction of sp³-hybridized carbons (Fsp3) is 0.800. The zero-order valence-corrected chi connectivity index (χ0v) is 7.66. The number of aliphatic hydroxyl groups excluding tert-OH is 2. The van der Waals surface area contributed by atoms with Crippen molar-refractivity contribution in [3.8, 4) is 0 Å². The molecule has 0 saturated carbocycles. The summed E-state index contributed by atoms with van der Waals surface area (Å²) in [4.78, 5) is 0. The first-order valence-electron chi connectivity index (χ1n) is 4.71. The fourth-order valence-electron chi connectivity index (χ4n) is 2.01. The molecule has 70 valence electrons. The van der Waals surface area contributed by atoms with E-state index in [2.05, 4.69) is 6.92 Å². The molecule has 0 aromatic heterocycles. The number of allylic oxidation sites excluding steroid dienone is 1. The molecular formula is C10H18O2. The normalized spacial score (nSPS) is 35.4. The van der Waals surface area contributed by atoms with E-state index < -0.39 is 0 Å². The molecule has 0 aliphatic heterocycles. The van der Waals surface area contributed by atoms with Gasteiger partial charge < -0.3 is 10.2 Å². The van der Waals surface area contributed by atoms with Crippen LogP contribution in [0.1, 0.15) is 32.6 Å². The van der Waals surface area contributed by atoms with E-state index in [-0.39, 0.29) is 18.1 Å². The lowest BCUT2D eigenvalue weighted by Gasteiger charge is -2.37. The maximum absolute atomic E-state index is 9.75. The van der Waals surface area contributed by atoms with Gasteiger partial charge in [-0.05, 0) is 25.7 Å². The van der Waals surface area contributed by atoms with Crippen LogP contribution in [0.2, 0.25) is 0 Å². The first-order chi connectivity index (χ1) is 5.75. The molecule has 2 heteroatoms. The SMILES string of the molecule is CCC1(CCO)CCC=CC1O. The lowest BCUT2D eigenvalue weighted by Crippen LogP contribution is -2.36. The smallest absolute Gasteiger partial charge is 0.0777 e. The standard InChI is InChI=1S/C10H18O2/c1-2-10(7-8-11)6-4-3-5-9(10)12/h3,5,9,11-12H,2,4,6-8H2,1H3. The lowest BCUT2D eigenvalue weighted by atomic mass is 9.71. The van der Waals surface area contributed by atoms with Gasteiger partial charge in [-0.25, -0.2) is 0 Å². The van der Waals surface area contributed by atoms with Crippen molar-refractivity contribution in [2.75, 3.05) is 6.61 Å². The van der Waals surface area contributed by atoms with Crippen molar-refractivity contribution in [3.05, 3.63) is 12.2 Å². The Hall–Kier alpha value is -0.340. The molecule has 0 aromatic carbocycles. The first kappa shape index (κ1) is 9.75. The molecule has 12 heavy (non-hydrogen) atoms. The Balaban J connectivity index is 2.69. The van der Waals surface area contributed by atoms with Gasteiger partial charge in [-0.15, -0.1) is 0 Å². The fourth-order valence-corrected chi connectivity index (χ4v) is 2.01. The van der Waals surface area contributed by atoms with E-state index in [0.717, 1.165) is 25.7 Å². The topological polar surface area (TPSA) is 40.5 Å². The maximum atomic E-state index is 9.75. The molecule has 2 nitrogen and oxygen atoms in total. The number of hydrogen-bond acceptors (Lipinski definition) is 2. The van der Waals surface area contributed by atoms with E-state index in [0.29, 0.717) is 0 Å². The molecule has 1 aliphatic rings. The second-order valence-electron chi connectivity index (χ2n) is 3.60. The van der Waals surface area contributed by atoms with Gasteiger partial charge in [0.05, 0.1) is 6.10 Å². The van der Waals surface area contributed by atoms with Gasteiger partial charge in [0.15, 0.2) is 0 Å². The molecule has 0 amide bonds. The summed E-state index contributed by atoms with van der Waals surface area (Å²) in [6.45, 7) is 2.26. The Morgan fingerprint density at radius 3 is 2.83 bits per heavy atom. The maximum Gasteiger partial charge on any atom is 0.0777 e. The molecule has 0 spiro atoms. The largest absolute Gasteiger partial charge is 0.396 e. The summed E-state index contributed by atoms with van der Waals surface area (Å²) in [5, 5.41) is 18.7. The van der Waals surface area contributed by atoms with E-state index in [1.165, 1.54) is 0 Å². The minimum Gasteiger partial charge on any atom is -0.396 e.